The molecule has 1 heterocycles. The topological polar surface area (TPSA) is 32.3 Å². The summed E-state index contributed by atoms with van der Waals surface area (Å²) in [7, 11) is 0. The lowest BCUT2D eigenvalue weighted by atomic mass is 9.88. The molecule has 1 N–H and O–H groups in total. The maximum absolute atomic E-state index is 13.1. The summed E-state index contributed by atoms with van der Waals surface area (Å²) in [6.07, 6.45) is -0.0797. The molecule has 0 fully saturated rings. The van der Waals surface area contributed by atoms with Crippen LogP contribution in [0.25, 0.3) is 0 Å². The summed E-state index contributed by atoms with van der Waals surface area (Å²) in [5.41, 5.74) is 2.50. The van der Waals surface area contributed by atoms with Gasteiger partial charge in [0.15, 0.2) is 0 Å². The lowest BCUT2D eigenvalue weighted by Gasteiger charge is -2.44. The highest BCUT2D eigenvalue weighted by Crippen LogP contribution is 2.35. The van der Waals surface area contributed by atoms with Crippen LogP contribution in [0.5, 0.6) is 0 Å². The first kappa shape index (κ1) is 15.9. The van der Waals surface area contributed by atoms with E-state index in [-0.39, 0.29) is 17.5 Å². The molecule has 0 spiro atoms. The molecule has 1 aliphatic heterocycles. The third kappa shape index (κ3) is 3.20. The number of carbonyl (C=O) groups is 1. The Bertz CT molecular complexity index is 722. The predicted octanol–water partition coefficient (Wildman–Crippen LogP) is 4.78. The molecule has 3 rings (SSSR count). The van der Waals surface area contributed by atoms with Gasteiger partial charge in [0.1, 0.15) is 6.17 Å². The van der Waals surface area contributed by atoms with E-state index < -0.39 is 0 Å². The van der Waals surface area contributed by atoms with E-state index in [1.807, 2.05) is 47.4 Å². The van der Waals surface area contributed by atoms with E-state index in [2.05, 4.69) is 26.1 Å². The van der Waals surface area contributed by atoms with Gasteiger partial charge >= 0.3 is 0 Å². The van der Waals surface area contributed by atoms with Crippen LogP contribution >= 0.6 is 11.6 Å². The lowest BCUT2D eigenvalue weighted by Crippen LogP contribution is -2.54. The molecule has 23 heavy (non-hydrogen) atoms. The van der Waals surface area contributed by atoms with Gasteiger partial charge in [0.05, 0.1) is 5.56 Å². The molecule has 4 heteroatoms. The summed E-state index contributed by atoms with van der Waals surface area (Å²) in [6.45, 7) is 6.98. The van der Waals surface area contributed by atoms with Gasteiger partial charge in [-0.15, -0.1) is 0 Å². The number of hydrogen-bond acceptors (Lipinski definition) is 2. The van der Waals surface area contributed by atoms with Gasteiger partial charge in [0.25, 0.3) is 5.91 Å². The van der Waals surface area contributed by atoms with Crippen molar-refractivity contribution in [2.45, 2.75) is 33.5 Å². The normalized spacial score (nSPS) is 17.7. The highest BCUT2D eigenvalue weighted by atomic mass is 35.5. The van der Waals surface area contributed by atoms with Crippen LogP contribution in [0.1, 0.15) is 36.7 Å². The van der Waals surface area contributed by atoms with Crippen LogP contribution in [0, 0.1) is 5.41 Å². The van der Waals surface area contributed by atoms with Gasteiger partial charge in [-0.2, -0.15) is 0 Å². The first-order valence-electron chi connectivity index (χ1n) is 7.77. The van der Waals surface area contributed by atoms with Gasteiger partial charge in [-0.3, -0.25) is 4.79 Å². The molecule has 1 unspecified atom stereocenters. The molecule has 0 aromatic heterocycles. The van der Waals surface area contributed by atoms with Gasteiger partial charge in [-0.25, -0.2) is 0 Å². The number of halogens is 1. The van der Waals surface area contributed by atoms with Gasteiger partial charge in [0, 0.05) is 22.7 Å². The lowest BCUT2D eigenvalue weighted by molar-refractivity contribution is 0.0524. The molecule has 120 valence electrons. The van der Waals surface area contributed by atoms with Crippen molar-refractivity contribution in [3.8, 4) is 0 Å². The quantitative estimate of drug-likeness (QED) is 0.860. The number of amides is 1. The number of fused-ring (bicyclic) bond motifs is 1. The summed E-state index contributed by atoms with van der Waals surface area (Å²) in [5, 5.41) is 4.09. The summed E-state index contributed by atoms with van der Waals surface area (Å²) in [5.74, 6) is 0.0185. The molecular weight excluding hydrogens is 308 g/mol. The first-order chi connectivity index (χ1) is 10.9. The molecule has 1 atom stereocenters. The SMILES string of the molecule is CC(C)(C)C1Nc2ccc(Cl)cc2C(=O)N1Cc1ccccc1. The zero-order valence-corrected chi connectivity index (χ0v) is 14.4. The molecule has 1 amide bonds. The second-order valence-corrected chi connectivity index (χ2v) is 7.46. The van der Waals surface area contributed by atoms with Crippen LogP contribution in [0.3, 0.4) is 0 Å². The molecule has 0 bridgehead atoms. The van der Waals surface area contributed by atoms with Crippen LogP contribution in [0.15, 0.2) is 48.5 Å². The second kappa shape index (κ2) is 5.89. The maximum Gasteiger partial charge on any atom is 0.257 e. The Morgan fingerprint density at radius 3 is 2.48 bits per heavy atom. The Balaban J connectivity index is 2.01. The molecule has 2 aromatic rings. The molecule has 3 nitrogen and oxygen atoms in total. The molecule has 0 saturated heterocycles. The second-order valence-electron chi connectivity index (χ2n) is 7.02. The zero-order chi connectivity index (χ0) is 16.6. The third-order valence-electron chi connectivity index (χ3n) is 4.09. The fourth-order valence-electron chi connectivity index (χ4n) is 2.94. The van der Waals surface area contributed by atoms with Crippen molar-refractivity contribution in [3.63, 3.8) is 0 Å². The number of rotatable bonds is 2. The smallest absolute Gasteiger partial charge is 0.257 e. The maximum atomic E-state index is 13.1. The van der Waals surface area contributed by atoms with Crippen LogP contribution < -0.4 is 5.32 Å². The zero-order valence-electron chi connectivity index (χ0n) is 13.6. The Morgan fingerprint density at radius 1 is 1.13 bits per heavy atom. The molecule has 0 saturated carbocycles. The van der Waals surface area contributed by atoms with Crippen molar-refractivity contribution < 1.29 is 4.79 Å². The summed E-state index contributed by atoms with van der Waals surface area (Å²) >= 11 is 6.08. The highest BCUT2D eigenvalue weighted by molar-refractivity contribution is 6.31. The van der Waals surface area contributed by atoms with Crippen molar-refractivity contribution in [3.05, 3.63) is 64.7 Å². The largest absolute Gasteiger partial charge is 0.364 e. The Kier molecular flexibility index (Phi) is 4.07. The van der Waals surface area contributed by atoms with Crippen LogP contribution in [0.2, 0.25) is 5.02 Å². The van der Waals surface area contributed by atoms with Crippen LogP contribution in [0.4, 0.5) is 5.69 Å². The summed E-state index contributed by atoms with van der Waals surface area (Å²) in [6, 6.07) is 15.5. The highest BCUT2D eigenvalue weighted by Gasteiger charge is 2.38. The Labute approximate surface area is 142 Å². The minimum atomic E-state index is -0.0955. The van der Waals surface area contributed by atoms with Gasteiger partial charge in [0.2, 0.25) is 0 Å². The molecule has 0 aliphatic carbocycles. The van der Waals surface area contributed by atoms with E-state index in [1.165, 1.54) is 0 Å². The number of nitrogens with zero attached hydrogens (tertiary/aromatic N) is 1. The summed E-state index contributed by atoms with van der Waals surface area (Å²) < 4.78 is 0. The Morgan fingerprint density at radius 2 is 1.83 bits per heavy atom. The first-order valence-corrected chi connectivity index (χ1v) is 8.15. The Hall–Kier alpha value is -2.00. The van der Waals surface area contributed by atoms with E-state index >= 15 is 0 Å². The standard InChI is InChI=1S/C19H21ClN2O/c1-19(2,3)18-21-16-10-9-14(20)11-15(16)17(23)22(18)12-13-7-5-4-6-8-13/h4-11,18,21H,12H2,1-3H3. The van der Waals surface area contributed by atoms with Crippen molar-refractivity contribution >= 4 is 23.2 Å². The average molecular weight is 329 g/mol. The minimum Gasteiger partial charge on any atom is -0.364 e. The van der Waals surface area contributed by atoms with E-state index in [0.717, 1.165) is 11.3 Å². The number of anilines is 1. The van der Waals surface area contributed by atoms with Crippen LogP contribution in [-0.2, 0) is 6.54 Å². The van der Waals surface area contributed by atoms with Crippen molar-refractivity contribution in [2.75, 3.05) is 5.32 Å². The van der Waals surface area contributed by atoms with Crippen molar-refractivity contribution in [1.29, 1.82) is 0 Å². The molecular formula is C19H21ClN2O. The van der Waals surface area contributed by atoms with Crippen molar-refractivity contribution in [2.24, 2.45) is 5.41 Å². The summed E-state index contributed by atoms with van der Waals surface area (Å²) in [4.78, 5) is 15.0. The van der Waals surface area contributed by atoms with Gasteiger partial charge in [-0.05, 0) is 23.8 Å². The van der Waals surface area contributed by atoms with E-state index in [1.54, 1.807) is 6.07 Å². The molecule has 0 radical (unpaired) electrons. The van der Waals surface area contributed by atoms with Crippen LogP contribution in [-0.4, -0.2) is 17.0 Å². The third-order valence-corrected chi connectivity index (χ3v) is 4.33. The fourth-order valence-corrected chi connectivity index (χ4v) is 3.12. The minimum absolute atomic E-state index is 0.0185. The average Bonchev–Trinajstić information content (AvgIpc) is 2.50. The monoisotopic (exact) mass is 328 g/mol. The fraction of sp³-hybridized carbons (Fsp3) is 0.316. The van der Waals surface area contributed by atoms with Crippen molar-refractivity contribution in [1.82, 2.24) is 4.90 Å². The number of hydrogen-bond donors (Lipinski definition) is 1. The number of benzene rings is 2. The van der Waals surface area contributed by atoms with E-state index in [0.29, 0.717) is 17.1 Å². The van der Waals surface area contributed by atoms with E-state index in [4.69, 9.17) is 11.6 Å². The molecule has 1 aliphatic rings. The number of carbonyl (C=O) groups excluding carboxylic acids is 1. The predicted molar refractivity (Wildman–Crippen MR) is 94.6 cm³/mol. The van der Waals surface area contributed by atoms with E-state index in [9.17, 15) is 4.79 Å². The van der Waals surface area contributed by atoms with Gasteiger partial charge < -0.3 is 10.2 Å². The molecule has 2 aromatic carbocycles. The number of nitrogens with one attached hydrogen (secondary N) is 1. The van der Waals surface area contributed by atoms with Gasteiger partial charge in [-0.1, -0.05) is 62.7 Å².